The molecule has 1 saturated heterocycles. The van der Waals surface area contributed by atoms with Crippen molar-refractivity contribution in [3.63, 3.8) is 0 Å². The summed E-state index contributed by atoms with van der Waals surface area (Å²) in [6.45, 7) is 11.8. The van der Waals surface area contributed by atoms with Crippen molar-refractivity contribution in [1.29, 1.82) is 0 Å². The normalized spacial score (nSPS) is 17.1. The van der Waals surface area contributed by atoms with E-state index < -0.39 is 0 Å². The van der Waals surface area contributed by atoms with Gasteiger partial charge in [0.1, 0.15) is 0 Å². The zero-order valence-corrected chi connectivity index (χ0v) is 13.9. The third kappa shape index (κ3) is 5.76. The molecule has 118 valence electrons. The SMILES string of the molecule is CC(C)(C)c1ccc(COCCCN2CCCCC2)nc1. The van der Waals surface area contributed by atoms with Crippen LogP contribution in [-0.2, 0) is 16.8 Å². The lowest BCUT2D eigenvalue weighted by atomic mass is 9.88. The quantitative estimate of drug-likeness (QED) is 0.746. The van der Waals surface area contributed by atoms with E-state index in [2.05, 4.69) is 42.8 Å². The number of nitrogens with zero attached hydrogens (tertiary/aromatic N) is 2. The van der Waals surface area contributed by atoms with E-state index in [1.165, 1.54) is 44.5 Å². The maximum absolute atomic E-state index is 5.75. The van der Waals surface area contributed by atoms with Crippen LogP contribution in [-0.4, -0.2) is 36.1 Å². The van der Waals surface area contributed by atoms with Gasteiger partial charge in [-0.1, -0.05) is 33.3 Å². The van der Waals surface area contributed by atoms with Crippen LogP contribution in [0.2, 0.25) is 0 Å². The molecule has 0 radical (unpaired) electrons. The molecular weight excluding hydrogens is 260 g/mol. The van der Waals surface area contributed by atoms with E-state index in [0.717, 1.165) is 18.7 Å². The van der Waals surface area contributed by atoms with Gasteiger partial charge in [0.05, 0.1) is 12.3 Å². The van der Waals surface area contributed by atoms with Crippen molar-refractivity contribution < 1.29 is 4.74 Å². The summed E-state index contributed by atoms with van der Waals surface area (Å²) < 4.78 is 5.75. The second-order valence-electron chi connectivity index (χ2n) is 7.10. The fourth-order valence-electron chi connectivity index (χ4n) is 2.70. The van der Waals surface area contributed by atoms with Gasteiger partial charge in [-0.2, -0.15) is 0 Å². The highest BCUT2D eigenvalue weighted by Gasteiger charge is 2.13. The minimum absolute atomic E-state index is 0.167. The molecule has 1 aliphatic heterocycles. The fourth-order valence-corrected chi connectivity index (χ4v) is 2.70. The molecule has 0 aromatic carbocycles. The molecule has 0 bridgehead atoms. The van der Waals surface area contributed by atoms with E-state index in [-0.39, 0.29) is 5.41 Å². The third-order valence-electron chi connectivity index (χ3n) is 4.15. The summed E-state index contributed by atoms with van der Waals surface area (Å²) in [6.07, 6.45) is 7.24. The fraction of sp³-hybridized carbons (Fsp3) is 0.722. The summed E-state index contributed by atoms with van der Waals surface area (Å²) in [5.74, 6) is 0. The average Bonchev–Trinajstić information content (AvgIpc) is 2.47. The summed E-state index contributed by atoms with van der Waals surface area (Å²) in [5.41, 5.74) is 2.47. The van der Waals surface area contributed by atoms with Crippen LogP contribution in [0.5, 0.6) is 0 Å². The van der Waals surface area contributed by atoms with Crippen molar-refractivity contribution in [3.8, 4) is 0 Å². The molecule has 21 heavy (non-hydrogen) atoms. The molecule has 3 nitrogen and oxygen atoms in total. The first-order chi connectivity index (χ1) is 10.1. The molecule has 0 spiro atoms. The van der Waals surface area contributed by atoms with Crippen LogP contribution in [0.3, 0.4) is 0 Å². The van der Waals surface area contributed by atoms with Crippen LogP contribution in [0.1, 0.15) is 57.7 Å². The molecule has 1 aromatic rings. The molecule has 0 amide bonds. The zero-order valence-electron chi connectivity index (χ0n) is 13.9. The Hall–Kier alpha value is -0.930. The number of likely N-dealkylation sites (tertiary alicyclic amines) is 1. The number of pyridine rings is 1. The molecule has 0 aliphatic carbocycles. The van der Waals surface area contributed by atoms with Crippen molar-refractivity contribution in [2.75, 3.05) is 26.2 Å². The molecule has 2 heterocycles. The molecule has 1 fully saturated rings. The van der Waals surface area contributed by atoms with E-state index >= 15 is 0 Å². The van der Waals surface area contributed by atoms with Crippen LogP contribution >= 0.6 is 0 Å². The van der Waals surface area contributed by atoms with Crippen molar-refractivity contribution in [2.24, 2.45) is 0 Å². The number of piperidine rings is 1. The summed E-state index contributed by atoms with van der Waals surface area (Å²) in [7, 11) is 0. The minimum Gasteiger partial charge on any atom is -0.375 e. The van der Waals surface area contributed by atoms with Gasteiger partial charge >= 0.3 is 0 Å². The van der Waals surface area contributed by atoms with E-state index in [4.69, 9.17) is 4.74 Å². The summed E-state index contributed by atoms with van der Waals surface area (Å²) >= 11 is 0. The molecule has 2 rings (SSSR count). The Balaban J connectivity index is 1.62. The highest BCUT2D eigenvalue weighted by Crippen LogP contribution is 2.21. The Kier molecular flexibility index (Phi) is 6.19. The lowest BCUT2D eigenvalue weighted by molar-refractivity contribution is 0.103. The van der Waals surface area contributed by atoms with E-state index in [9.17, 15) is 0 Å². The lowest BCUT2D eigenvalue weighted by Gasteiger charge is -2.26. The van der Waals surface area contributed by atoms with Crippen LogP contribution in [0.25, 0.3) is 0 Å². The highest BCUT2D eigenvalue weighted by molar-refractivity contribution is 5.20. The van der Waals surface area contributed by atoms with E-state index in [1.54, 1.807) is 0 Å². The topological polar surface area (TPSA) is 25.4 Å². The first-order valence-corrected chi connectivity index (χ1v) is 8.31. The van der Waals surface area contributed by atoms with Crippen LogP contribution in [0, 0.1) is 0 Å². The van der Waals surface area contributed by atoms with E-state index in [1.807, 2.05) is 6.20 Å². The van der Waals surface area contributed by atoms with Crippen molar-refractivity contribution in [3.05, 3.63) is 29.6 Å². The van der Waals surface area contributed by atoms with Crippen LogP contribution in [0.4, 0.5) is 0 Å². The monoisotopic (exact) mass is 290 g/mol. The Morgan fingerprint density at radius 3 is 2.52 bits per heavy atom. The Bertz CT molecular complexity index is 402. The van der Waals surface area contributed by atoms with Gasteiger partial charge in [-0.15, -0.1) is 0 Å². The maximum atomic E-state index is 5.75. The predicted octanol–water partition coefficient (Wildman–Crippen LogP) is 3.77. The molecule has 3 heteroatoms. The molecule has 0 saturated carbocycles. The van der Waals surface area contributed by atoms with Gasteiger partial charge in [0.15, 0.2) is 0 Å². The van der Waals surface area contributed by atoms with Gasteiger partial charge in [0, 0.05) is 19.3 Å². The molecule has 1 aliphatic rings. The van der Waals surface area contributed by atoms with Gasteiger partial charge in [-0.25, -0.2) is 0 Å². The predicted molar refractivity (Wildman–Crippen MR) is 87.5 cm³/mol. The summed E-state index contributed by atoms with van der Waals surface area (Å²) in [4.78, 5) is 7.06. The van der Waals surface area contributed by atoms with Gasteiger partial charge in [-0.3, -0.25) is 4.98 Å². The van der Waals surface area contributed by atoms with Crippen molar-refractivity contribution in [1.82, 2.24) is 9.88 Å². The number of ether oxygens (including phenoxy) is 1. The minimum atomic E-state index is 0.167. The number of aromatic nitrogens is 1. The lowest BCUT2D eigenvalue weighted by Crippen LogP contribution is -2.31. The highest BCUT2D eigenvalue weighted by atomic mass is 16.5. The number of hydrogen-bond donors (Lipinski definition) is 0. The molecular formula is C18H30N2O. The van der Waals surface area contributed by atoms with Crippen molar-refractivity contribution in [2.45, 2.75) is 58.5 Å². The zero-order chi connectivity index (χ0) is 15.1. The number of rotatable bonds is 6. The van der Waals surface area contributed by atoms with Gasteiger partial charge in [0.25, 0.3) is 0 Å². The van der Waals surface area contributed by atoms with Gasteiger partial charge in [0.2, 0.25) is 0 Å². The Labute approximate surface area is 129 Å². The second kappa shape index (κ2) is 7.90. The second-order valence-corrected chi connectivity index (χ2v) is 7.10. The summed E-state index contributed by atoms with van der Waals surface area (Å²) in [6, 6.07) is 4.25. The smallest absolute Gasteiger partial charge is 0.0887 e. The van der Waals surface area contributed by atoms with Crippen molar-refractivity contribution >= 4 is 0 Å². The largest absolute Gasteiger partial charge is 0.375 e. The van der Waals surface area contributed by atoms with E-state index in [0.29, 0.717) is 6.61 Å². The maximum Gasteiger partial charge on any atom is 0.0887 e. The molecule has 0 unspecified atom stereocenters. The van der Waals surface area contributed by atoms with Gasteiger partial charge in [-0.05, 0) is 49.4 Å². The molecule has 0 atom stereocenters. The first-order valence-electron chi connectivity index (χ1n) is 8.31. The average molecular weight is 290 g/mol. The van der Waals surface area contributed by atoms with Crippen LogP contribution < -0.4 is 0 Å². The molecule has 0 N–H and O–H groups in total. The Morgan fingerprint density at radius 1 is 1.14 bits per heavy atom. The standard InChI is InChI=1S/C18H30N2O/c1-18(2,3)16-8-9-17(19-14-16)15-21-13-7-12-20-10-5-4-6-11-20/h8-9,14H,4-7,10-13,15H2,1-3H3. The summed E-state index contributed by atoms with van der Waals surface area (Å²) in [5, 5.41) is 0. The van der Waals surface area contributed by atoms with Crippen LogP contribution in [0.15, 0.2) is 18.3 Å². The third-order valence-corrected chi connectivity index (χ3v) is 4.15. The van der Waals surface area contributed by atoms with Gasteiger partial charge < -0.3 is 9.64 Å². The Morgan fingerprint density at radius 2 is 1.90 bits per heavy atom. The molecule has 1 aromatic heterocycles. The number of hydrogen-bond acceptors (Lipinski definition) is 3. The first kappa shape index (κ1) is 16.4.